The molecule has 0 saturated carbocycles. The average molecular weight is 356 g/mol. The lowest BCUT2D eigenvalue weighted by atomic mass is 10.2. The summed E-state index contributed by atoms with van der Waals surface area (Å²) in [6, 6.07) is 13.2. The summed E-state index contributed by atoms with van der Waals surface area (Å²) in [6.07, 6.45) is 1.20. The second-order valence-electron chi connectivity index (χ2n) is 7.78. The molecule has 0 aromatic heterocycles. The van der Waals surface area contributed by atoms with Gasteiger partial charge in [-0.15, -0.1) is 11.3 Å². The Morgan fingerprint density at radius 2 is 1.88 bits per heavy atom. The Balaban J connectivity index is 2.00. The highest BCUT2D eigenvalue weighted by molar-refractivity contribution is 7.21. The fourth-order valence-electron chi connectivity index (χ4n) is 3.12. The van der Waals surface area contributed by atoms with E-state index in [-0.39, 0.29) is 0 Å². The molecule has 2 aliphatic rings. The molecule has 25 heavy (non-hydrogen) atoms. The Kier molecular flexibility index (Phi) is 5.21. The van der Waals surface area contributed by atoms with E-state index in [0.717, 1.165) is 28.8 Å². The lowest BCUT2D eigenvalue weighted by molar-refractivity contribution is -0.870. The van der Waals surface area contributed by atoms with Crippen LogP contribution in [0.4, 0.5) is 0 Å². The lowest BCUT2D eigenvalue weighted by Crippen LogP contribution is -2.38. The van der Waals surface area contributed by atoms with Gasteiger partial charge in [0.15, 0.2) is 0 Å². The van der Waals surface area contributed by atoms with Gasteiger partial charge in [-0.2, -0.15) is 0 Å². The van der Waals surface area contributed by atoms with Gasteiger partial charge >= 0.3 is 0 Å². The Hall–Kier alpha value is -1.78. The lowest BCUT2D eigenvalue weighted by Gasteiger charge is -2.23. The van der Waals surface area contributed by atoms with Gasteiger partial charge in [-0.1, -0.05) is 6.07 Å². The number of nitrogens with zero attached hydrogens (tertiary/aromatic N) is 3. The minimum Gasteiger partial charge on any atom is -0.331 e. The molecule has 0 atom stereocenters. The smallest absolute Gasteiger partial charge is 0.201 e. The van der Waals surface area contributed by atoms with Crippen molar-refractivity contribution in [2.75, 3.05) is 40.8 Å². The van der Waals surface area contributed by atoms with E-state index in [2.05, 4.69) is 76.0 Å². The van der Waals surface area contributed by atoms with Gasteiger partial charge in [0.25, 0.3) is 0 Å². The van der Waals surface area contributed by atoms with Crippen molar-refractivity contribution >= 4 is 21.6 Å². The van der Waals surface area contributed by atoms with E-state index in [4.69, 9.17) is 4.98 Å². The van der Waals surface area contributed by atoms with Gasteiger partial charge in [-0.25, -0.2) is 9.56 Å². The van der Waals surface area contributed by atoms with E-state index >= 15 is 0 Å². The average Bonchev–Trinajstić information content (AvgIpc) is 2.55. The highest BCUT2D eigenvalue weighted by Gasteiger charge is 2.13. The number of hydrogen-bond acceptors (Lipinski definition) is 2. The number of fused-ring (bicyclic) bond motifs is 2. The SMILES string of the molecule is CC[N+](CCC[N+](C)(C)C)=c1ccc2nc3ccc(C)cc3sc-2c1. The number of hydrogen-bond donors (Lipinski definition) is 0. The van der Waals surface area contributed by atoms with Crippen molar-refractivity contribution in [3.05, 3.63) is 47.3 Å². The summed E-state index contributed by atoms with van der Waals surface area (Å²) in [4.78, 5) is 6.09. The van der Waals surface area contributed by atoms with Gasteiger partial charge in [0.1, 0.15) is 13.1 Å². The summed E-state index contributed by atoms with van der Waals surface area (Å²) in [7, 11) is 6.77. The van der Waals surface area contributed by atoms with E-state index in [9.17, 15) is 0 Å². The zero-order valence-corrected chi connectivity index (χ0v) is 16.9. The third kappa shape index (κ3) is 4.44. The van der Waals surface area contributed by atoms with Crippen molar-refractivity contribution in [3.8, 4) is 10.6 Å². The van der Waals surface area contributed by atoms with Gasteiger partial charge in [0, 0.05) is 12.1 Å². The fraction of sp³-hybridized carbons (Fsp3) is 0.429. The van der Waals surface area contributed by atoms with E-state index in [0.29, 0.717) is 0 Å². The van der Waals surface area contributed by atoms with Gasteiger partial charge in [0.2, 0.25) is 5.36 Å². The standard InChI is InChI=1S/C21H29N3S/c1-6-23(12-7-13-24(3,4)5)17-9-11-19-21(15-17)25-20-14-16(2)8-10-18(20)22-19/h8-11,14-15H,6-7,12-13H2,1-5H3/q+2. The number of aryl methyl sites for hydroxylation is 1. The van der Waals surface area contributed by atoms with Crippen molar-refractivity contribution in [3.63, 3.8) is 0 Å². The van der Waals surface area contributed by atoms with Crippen LogP contribution in [-0.4, -0.2) is 50.2 Å². The van der Waals surface area contributed by atoms with Crippen LogP contribution in [-0.2, 0) is 0 Å². The molecule has 0 unspecified atom stereocenters. The maximum Gasteiger partial charge on any atom is 0.201 e. The van der Waals surface area contributed by atoms with Crippen LogP contribution in [0.2, 0.25) is 0 Å². The predicted octanol–water partition coefficient (Wildman–Crippen LogP) is 3.60. The van der Waals surface area contributed by atoms with Crippen molar-refractivity contribution in [2.45, 2.75) is 20.3 Å². The number of quaternary nitrogens is 1. The Morgan fingerprint density at radius 1 is 1.08 bits per heavy atom. The predicted molar refractivity (Wildman–Crippen MR) is 109 cm³/mol. The first kappa shape index (κ1) is 18.0. The maximum atomic E-state index is 4.83. The Bertz CT molecular complexity index is 918. The maximum absolute atomic E-state index is 4.83. The molecule has 0 amide bonds. The molecule has 1 aliphatic heterocycles. The molecule has 0 spiro atoms. The molecule has 0 N–H and O–H groups in total. The van der Waals surface area contributed by atoms with Crippen LogP contribution in [0.15, 0.2) is 36.4 Å². The third-order valence-electron chi connectivity index (χ3n) is 4.52. The van der Waals surface area contributed by atoms with Crippen LogP contribution in [0, 0.1) is 6.92 Å². The largest absolute Gasteiger partial charge is 0.331 e. The molecular weight excluding hydrogens is 326 g/mol. The molecule has 0 radical (unpaired) electrons. The minimum absolute atomic E-state index is 1.02. The van der Waals surface area contributed by atoms with Crippen molar-refractivity contribution in [2.24, 2.45) is 0 Å². The molecular formula is C21H29N3S+2. The number of rotatable bonds is 5. The van der Waals surface area contributed by atoms with E-state index in [1.807, 2.05) is 11.3 Å². The molecule has 1 heterocycles. The molecule has 1 aromatic rings. The monoisotopic (exact) mass is 355 g/mol. The van der Waals surface area contributed by atoms with Gasteiger partial charge in [0.05, 0.1) is 54.9 Å². The summed E-state index contributed by atoms with van der Waals surface area (Å²) < 4.78 is 4.76. The first-order valence-electron chi connectivity index (χ1n) is 9.05. The summed E-state index contributed by atoms with van der Waals surface area (Å²) in [6.45, 7) is 7.70. The third-order valence-corrected chi connectivity index (χ3v) is 5.62. The second kappa shape index (κ2) is 7.22. The molecule has 0 bridgehead atoms. The molecule has 0 saturated heterocycles. The number of benzene rings is 2. The van der Waals surface area contributed by atoms with E-state index in [1.165, 1.54) is 33.5 Å². The van der Waals surface area contributed by atoms with Crippen molar-refractivity contribution < 1.29 is 4.48 Å². The molecule has 0 fully saturated rings. The minimum atomic E-state index is 1.02. The summed E-state index contributed by atoms with van der Waals surface area (Å²) in [5.74, 6) is 0. The van der Waals surface area contributed by atoms with Crippen molar-refractivity contribution in [1.29, 1.82) is 0 Å². The molecule has 3 rings (SSSR count). The van der Waals surface area contributed by atoms with Gasteiger partial charge < -0.3 is 4.48 Å². The van der Waals surface area contributed by atoms with Crippen LogP contribution < -0.4 is 9.93 Å². The van der Waals surface area contributed by atoms with Crippen LogP contribution in [0.3, 0.4) is 0 Å². The van der Waals surface area contributed by atoms with Gasteiger partial charge in [-0.3, -0.25) is 0 Å². The van der Waals surface area contributed by atoms with Crippen LogP contribution in [0.5, 0.6) is 0 Å². The normalized spacial score (nSPS) is 13.5. The van der Waals surface area contributed by atoms with Crippen LogP contribution in [0.25, 0.3) is 20.8 Å². The van der Waals surface area contributed by atoms with Crippen LogP contribution in [0.1, 0.15) is 18.9 Å². The summed E-state index contributed by atoms with van der Waals surface area (Å²) in [5.41, 5.74) is 3.47. The van der Waals surface area contributed by atoms with E-state index < -0.39 is 0 Å². The molecule has 4 heteroatoms. The first-order valence-corrected chi connectivity index (χ1v) is 9.87. The highest BCUT2D eigenvalue weighted by Crippen LogP contribution is 2.29. The topological polar surface area (TPSA) is 15.9 Å². The Labute approximate surface area is 154 Å². The molecule has 1 aliphatic carbocycles. The molecule has 1 aromatic carbocycles. The van der Waals surface area contributed by atoms with Gasteiger partial charge in [-0.05, 0) is 37.6 Å². The fourth-order valence-corrected chi connectivity index (χ4v) is 4.22. The molecule has 3 nitrogen and oxygen atoms in total. The molecule has 132 valence electrons. The quantitative estimate of drug-likeness (QED) is 0.388. The highest BCUT2D eigenvalue weighted by atomic mass is 32.1. The zero-order valence-electron chi connectivity index (χ0n) is 16.0. The summed E-state index contributed by atoms with van der Waals surface area (Å²) in [5, 5.41) is 1.31. The zero-order chi connectivity index (χ0) is 18.0. The van der Waals surface area contributed by atoms with Crippen molar-refractivity contribution in [1.82, 2.24) is 9.56 Å². The summed E-state index contributed by atoms with van der Waals surface area (Å²) >= 11 is 1.84. The Morgan fingerprint density at radius 3 is 2.60 bits per heavy atom. The second-order valence-corrected chi connectivity index (χ2v) is 8.87. The number of aromatic nitrogens is 1. The van der Waals surface area contributed by atoms with E-state index in [1.54, 1.807) is 0 Å². The van der Waals surface area contributed by atoms with Crippen LogP contribution >= 0.6 is 11.3 Å². The first-order chi connectivity index (χ1) is 11.9.